The van der Waals surface area contributed by atoms with Crippen molar-refractivity contribution in [1.82, 2.24) is 9.97 Å². The summed E-state index contributed by atoms with van der Waals surface area (Å²) in [5.41, 5.74) is 17.3. The lowest BCUT2D eigenvalue weighted by Gasteiger charge is -2.22. The van der Waals surface area contributed by atoms with Crippen LogP contribution in [0.25, 0.3) is 100.0 Å². The Bertz CT molecular complexity index is 3220. The Balaban J connectivity index is 1.07. The zero-order valence-electron chi connectivity index (χ0n) is 33.0. The molecular formula is C57H40N2. The van der Waals surface area contributed by atoms with Crippen LogP contribution < -0.4 is 0 Å². The molecule has 0 spiro atoms. The normalized spacial score (nSPS) is 12.7. The molecule has 0 bridgehead atoms. The number of aromatic nitrogens is 2. The summed E-state index contributed by atoms with van der Waals surface area (Å²) in [6.45, 7) is 4.71. The number of fused-ring (bicyclic) bond motifs is 6. The number of hydrogen-bond donors (Lipinski definition) is 0. The van der Waals surface area contributed by atoms with E-state index in [-0.39, 0.29) is 5.41 Å². The maximum Gasteiger partial charge on any atom is 0.160 e. The van der Waals surface area contributed by atoms with Crippen LogP contribution in [0, 0.1) is 0 Å². The van der Waals surface area contributed by atoms with E-state index in [1.807, 2.05) is 0 Å². The summed E-state index contributed by atoms with van der Waals surface area (Å²) in [6.07, 6.45) is 0. The van der Waals surface area contributed by atoms with Gasteiger partial charge >= 0.3 is 0 Å². The average molecular weight is 753 g/mol. The minimum Gasteiger partial charge on any atom is -0.228 e. The van der Waals surface area contributed by atoms with Crippen molar-refractivity contribution in [2.75, 3.05) is 0 Å². The first-order valence-electron chi connectivity index (χ1n) is 20.4. The highest BCUT2D eigenvalue weighted by Crippen LogP contribution is 2.52. The van der Waals surface area contributed by atoms with Crippen LogP contribution in [0.4, 0.5) is 0 Å². The zero-order valence-corrected chi connectivity index (χ0v) is 33.0. The van der Waals surface area contributed by atoms with Gasteiger partial charge in [-0.3, -0.25) is 0 Å². The molecule has 59 heavy (non-hydrogen) atoms. The first kappa shape index (κ1) is 34.8. The van der Waals surface area contributed by atoms with Crippen LogP contribution in [0.2, 0.25) is 0 Å². The van der Waals surface area contributed by atoms with E-state index in [0.717, 1.165) is 44.6 Å². The highest BCUT2D eigenvalue weighted by molar-refractivity contribution is 6.07. The van der Waals surface area contributed by atoms with Gasteiger partial charge in [0.25, 0.3) is 0 Å². The van der Waals surface area contributed by atoms with Crippen LogP contribution in [0.15, 0.2) is 206 Å². The Morgan fingerprint density at radius 3 is 1.63 bits per heavy atom. The summed E-state index contributed by atoms with van der Waals surface area (Å²) < 4.78 is 0. The summed E-state index contributed by atoms with van der Waals surface area (Å²) in [5.74, 6) is 0.697. The first-order chi connectivity index (χ1) is 29.0. The Kier molecular flexibility index (Phi) is 8.20. The van der Waals surface area contributed by atoms with Crippen LogP contribution in [0.3, 0.4) is 0 Å². The highest BCUT2D eigenvalue weighted by Gasteiger charge is 2.36. The molecule has 11 rings (SSSR count). The lowest BCUT2D eigenvalue weighted by atomic mass is 9.81. The van der Waals surface area contributed by atoms with Gasteiger partial charge in [-0.05, 0) is 95.4 Å². The average Bonchev–Trinajstić information content (AvgIpc) is 3.54. The van der Waals surface area contributed by atoms with Crippen molar-refractivity contribution in [3.8, 4) is 78.4 Å². The topological polar surface area (TPSA) is 25.8 Å². The predicted molar refractivity (Wildman–Crippen MR) is 247 cm³/mol. The van der Waals surface area contributed by atoms with Gasteiger partial charge in [-0.2, -0.15) is 0 Å². The van der Waals surface area contributed by atoms with Crippen molar-refractivity contribution in [3.05, 3.63) is 217 Å². The van der Waals surface area contributed by atoms with Crippen molar-refractivity contribution in [1.29, 1.82) is 0 Å². The fourth-order valence-corrected chi connectivity index (χ4v) is 9.26. The van der Waals surface area contributed by atoms with Crippen molar-refractivity contribution >= 4 is 21.5 Å². The van der Waals surface area contributed by atoms with Crippen molar-refractivity contribution < 1.29 is 0 Å². The summed E-state index contributed by atoms with van der Waals surface area (Å²) in [6, 6.07) is 74.3. The molecule has 0 N–H and O–H groups in total. The van der Waals surface area contributed by atoms with E-state index in [4.69, 9.17) is 9.97 Å². The molecule has 278 valence electrons. The van der Waals surface area contributed by atoms with E-state index in [2.05, 4.69) is 220 Å². The molecule has 2 nitrogen and oxygen atoms in total. The van der Waals surface area contributed by atoms with Gasteiger partial charge in [0.15, 0.2) is 5.82 Å². The Labute approximate surface area is 345 Å². The Hall–Kier alpha value is -7.42. The van der Waals surface area contributed by atoms with Gasteiger partial charge in [0, 0.05) is 22.1 Å². The second kappa shape index (κ2) is 13.9. The summed E-state index contributed by atoms with van der Waals surface area (Å²) in [7, 11) is 0. The lowest BCUT2D eigenvalue weighted by molar-refractivity contribution is 0.661. The van der Waals surface area contributed by atoms with Gasteiger partial charge in [-0.15, -0.1) is 0 Å². The zero-order chi connectivity index (χ0) is 39.5. The maximum absolute atomic E-state index is 5.34. The molecule has 2 heteroatoms. The second-order valence-electron chi connectivity index (χ2n) is 16.2. The summed E-state index contributed by atoms with van der Waals surface area (Å²) in [5, 5.41) is 4.94. The number of hydrogen-bond acceptors (Lipinski definition) is 2. The number of rotatable bonds is 6. The molecule has 0 saturated carbocycles. The largest absolute Gasteiger partial charge is 0.228 e. The standard InChI is InChI=1S/C57H40N2/c1-57(2)51-32-29-43(35-50(51)55-46-21-10-9-18-40(46)28-33-52(55)57)45-30-31-49(48-23-12-11-22-47(45)48)54-36-53(44-20-13-19-42(34-44)38-16-7-4-8-17-38)58-56(59-54)41-26-24-39(25-27-41)37-14-5-3-6-15-37/h3-36H,1-2H3. The van der Waals surface area contributed by atoms with Gasteiger partial charge in [-0.1, -0.05) is 202 Å². The molecule has 0 aliphatic heterocycles. The van der Waals surface area contributed by atoms with Crippen LogP contribution in [-0.2, 0) is 5.41 Å². The van der Waals surface area contributed by atoms with Crippen molar-refractivity contribution in [2.45, 2.75) is 19.3 Å². The van der Waals surface area contributed by atoms with Crippen LogP contribution in [0.5, 0.6) is 0 Å². The molecule has 0 amide bonds. The summed E-state index contributed by atoms with van der Waals surface area (Å²) in [4.78, 5) is 10.6. The minimum atomic E-state index is -0.0793. The third-order valence-electron chi connectivity index (χ3n) is 12.3. The maximum atomic E-state index is 5.34. The number of benzene rings is 9. The Morgan fingerprint density at radius 1 is 0.322 bits per heavy atom. The van der Waals surface area contributed by atoms with Crippen LogP contribution in [-0.4, -0.2) is 9.97 Å². The minimum absolute atomic E-state index is 0.0793. The molecule has 9 aromatic carbocycles. The Morgan fingerprint density at radius 2 is 0.864 bits per heavy atom. The predicted octanol–water partition coefficient (Wildman–Crippen LogP) is 15.1. The summed E-state index contributed by atoms with van der Waals surface area (Å²) >= 11 is 0. The van der Waals surface area contributed by atoms with Crippen LogP contribution in [0.1, 0.15) is 25.0 Å². The van der Waals surface area contributed by atoms with E-state index in [9.17, 15) is 0 Å². The third-order valence-corrected chi connectivity index (χ3v) is 12.3. The third kappa shape index (κ3) is 5.96. The van der Waals surface area contributed by atoms with E-state index in [1.54, 1.807) is 0 Å². The van der Waals surface area contributed by atoms with Gasteiger partial charge in [-0.25, -0.2) is 9.97 Å². The van der Waals surface area contributed by atoms with Crippen molar-refractivity contribution in [3.63, 3.8) is 0 Å². The molecule has 1 aliphatic rings. The molecule has 1 aliphatic carbocycles. The second-order valence-corrected chi connectivity index (χ2v) is 16.2. The quantitative estimate of drug-likeness (QED) is 0.169. The fraction of sp³-hybridized carbons (Fsp3) is 0.0526. The van der Waals surface area contributed by atoms with E-state index in [1.165, 1.54) is 60.7 Å². The molecule has 1 aromatic heterocycles. The van der Waals surface area contributed by atoms with Gasteiger partial charge in [0.2, 0.25) is 0 Å². The van der Waals surface area contributed by atoms with Gasteiger partial charge < -0.3 is 0 Å². The first-order valence-corrected chi connectivity index (χ1v) is 20.4. The molecule has 0 unspecified atom stereocenters. The molecule has 0 radical (unpaired) electrons. The fourth-order valence-electron chi connectivity index (χ4n) is 9.26. The van der Waals surface area contributed by atoms with Crippen LogP contribution >= 0.6 is 0 Å². The molecule has 0 saturated heterocycles. The monoisotopic (exact) mass is 752 g/mol. The molecule has 1 heterocycles. The molecular weight excluding hydrogens is 713 g/mol. The van der Waals surface area contributed by atoms with Crippen molar-refractivity contribution in [2.24, 2.45) is 0 Å². The number of nitrogens with zero attached hydrogens (tertiary/aromatic N) is 2. The highest BCUT2D eigenvalue weighted by atomic mass is 14.9. The van der Waals surface area contributed by atoms with E-state index >= 15 is 0 Å². The molecule has 0 atom stereocenters. The lowest BCUT2D eigenvalue weighted by Crippen LogP contribution is -2.14. The van der Waals surface area contributed by atoms with Gasteiger partial charge in [0.1, 0.15) is 0 Å². The van der Waals surface area contributed by atoms with Gasteiger partial charge in [0.05, 0.1) is 11.4 Å². The smallest absolute Gasteiger partial charge is 0.160 e. The SMILES string of the molecule is CC1(C)c2ccc(-c3ccc(-c4cc(-c5cccc(-c6ccccc6)c5)nc(-c5ccc(-c6ccccc6)cc5)n4)c4ccccc34)cc2-c2c1ccc1ccccc21. The molecule has 10 aromatic rings. The molecule has 0 fully saturated rings. The van der Waals surface area contributed by atoms with E-state index in [0.29, 0.717) is 5.82 Å². The van der Waals surface area contributed by atoms with E-state index < -0.39 is 0 Å².